The molecule has 0 N–H and O–H groups in total. The molecule has 0 radical (unpaired) electrons. The third-order valence-corrected chi connectivity index (χ3v) is 4.21. The van der Waals surface area contributed by atoms with Crippen molar-refractivity contribution in [2.24, 2.45) is 0 Å². The lowest BCUT2D eigenvalue weighted by atomic mass is 10.0. The molecule has 0 saturated carbocycles. The first-order chi connectivity index (χ1) is 9.06. The van der Waals surface area contributed by atoms with Crippen LogP contribution in [0.15, 0.2) is 0 Å². The standard InChI is InChI=1S/C18H39P/c1-4-5-6-7-8-9-10-11-12-13-14-15-16-17-18(2,3)19/h4-17,19H2,1-3H3. The first-order valence-electron chi connectivity index (χ1n) is 8.85. The van der Waals surface area contributed by atoms with Crippen molar-refractivity contribution in [1.82, 2.24) is 0 Å². The highest BCUT2D eigenvalue weighted by molar-refractivity contribution is 7.18. The molecule has 0 bridgehead atoms. The van der Waals surface area contributed by atoms with Crippen LogP contribution in [0.4, 0.5) is 0 Å². The summed E-state index contributed by atoms with van der Waals surface area (Å²) in [5, 5.41) is 0.456. The first-order valence-corrected chi connectivity index (χ1v) is 9.43. The summed E-state index contributed by atoms with van der Waals surface area (Å²) >= 11 is 0. The summed E-state index contributed by atoms with van der Waals surface area (Å²) in [6, 6.07) is 0. The highest BCUT2D eigenvalue weighted by Gasteiger charge is 2.08. The fourth-order valence-electron chi connectivity index (χ4n) is 2.60. The first kappa shape index (κ1) is 19.4. The molecule has 1 unspecified atom stereocenters. The topological polar surface area (TPSA) is 0 Å². The molecular formula is C18H39P. The van der Waals surface area contributed by atoms with Gasteiger partial charge in [0.1, 0.15) is 0 Å². The van der Waals surface area contributed by atoms with Crippen molar-refractivity contribution in [3.05, 3.63) is 0 Å². The minimum absolute atomic E-state index is 0.456. The van der Waals surface area contributed by atoms with E-state index in [0.29, 0.717) is 5.16 Å². The summed E-state index contributed by atoms with van der Waals surface area (Å²) in [5.41, 5.74) is 0. The second-order valence-corrected chi connectivity index (χ2v) is 8.54. The summed E-state index contributed by atoms with van der Waals surface area (Å²) in [4.78, 5) is 0. The zero-order chi connectivity index (χ0) is 14.4. The van der Waals surface area contributed by atoms with Gasteiger partial charge in [-0.2, -0.15) is 0 Å². The van der Waals surface area contributed by atoms with Crippen LogP contribution in [0.5, 0.6) is 0 Å². The zero-order valence-corrected chi connectivity index (χ0v) is 15.1. The maximum Gasteiger partial charge on any atom is -0.0207 e. The van der Waals surface area contributed by atoms with Crippen LogP contribution < -0.4 is 0 Å². The Labute approximate surface area is 125 Å². The molecule has 1 atom stereocenters. The quantitative estimate of drug-likeness (QED) is 0.235. The van der Waals surface area contributed by atoms with Crippen LogP contribution in [0, 0.1) is 0 Å². The summed E-state index contributed by atoms with van der Waals surface area (Å²) in [6.07, 6.45) is 20.2. The SMILES string of the molecule is CCCCCCCCCCCCCCCC(C)(C)P. The van der Waals surface area contributed by atoms with Gasteiger partial charge in [-0.05, 0) is 11.6 Å². The van der Waals surface area contributed by atoms with Gasteiger partial charge in [0.25, 0.3) is 0 Å². The summed E-state index contributed by atoms with van der Waals surface area (Å²) in [5.74, 6) is 0. The van der Waals surface area contributed by atoms with Gasteiger partial charge in [0, 0.05) is 0 Å². The van der Waals surface area contributed by atoms with E-state index in [1.807, 2.05) is 0 Å². The Morgan fingerprint density at radius 1 is 0.579 bits per heavy atom. The predicted molar refractivity (Wildman–Crippen MR) is 94.1 cm³/mol. The molecule has 0 saturated heterocycles. The van der Waals surface area contributed by atoms with Crippen LogP contribution in [-0.2, 0) is 0 Å². The Morgan fingerprint density at radius 2 is 0.895 bits per heavy atom. The van der Waals surface area contributed by atoms with Crippen molar-refractivity contribution in [2.45, 2.75) is 116 Å². The van der Waals surface area contributed by atoms with Crippen molar-refractivity contribution >= 4 is 9.24 Å². The van der Waals surface area contributed by atoms with E-state index in [1.165, 1.54) is 89.9 Å². The fraction of sp³-hybridized carbons (Fsp3) is 1.00. The van der Waals surface area contributed by atoms with E-state index in [-0.39, 0.29) is 0 Å². The summed E-state index contributed by atoms with van der Waals surface area (Å²) < 4.78 is 0. The number of hydrogen-bond acceptors (Lipinski definition) is 0. The van der Waals surface area contributed by atoms with Gasteiger partial charge in [-0.3, -0.25) is 0 Å². The second-order valence-electron chi connectivity index (χ2n) is 6.98. The molecule has 0 rings (SSSR count). The van der Waals surface area contributed by atoms with Crippen LogP contribution >= 0.6 is 9.24 Å². The Morgan fingerprint density at radius 3 is 1.21 bits per heavy atom. The molecule has 0 aliphatic rings. The Bertz CT molecular complexity index is 169. The molecule has 0 spiro atoms. The van der Waals surface area contributed by atoms with E-state index in [2.05, 4.69) is 30.0 Å². The van der Waals surface area contributed by atoms with Gasteiger partial charge in [0.05, 0.1) is 0 Å². The minimum Gasteiger partial charge on any atom is -0.132 e. The van der Waals surface area contributed by atoms with Gasteiger partial charge in [0.2, 0.25) is 0 Å². The van der Waals surface area contributed by atoms with Gasteiger partial charge >= 0.3 is 0 Å². The lowest BCUT2D eigenvalue weighted by molar-refractivity contribution is 0.520. The van der Waals surface area contributed by atoms with Gasteiger partial charge in [-0.15, -0.1) is 9.24 Å². The van der Waals surface area contributed by atoms with Crippen molar-refractivity contribution in [3.63, 3.8) is 0 Å². The van der Waals surface area contributed by atoms with E-state index in [0.717, 1.165) is 0 Å². The average Bonchev–Trinajstić information content (AvgIpc) is 2.34. The van der Waals surface area contributed by atoms with Crippen molar-refractivity contribution in [1.29, 1.82) is 0 Å². The molecule has 19 heavy (non-hydrogen) atoms. The molecular weight excluding hydrogens is 247 g/mol. The van der Waals surface area contributed by atoms with Gasteiger partial charge in [0.15, 0.2) is 0 Å². The van der Waals surface area contributed by atoms with Crippen LogP contribution in [-0.4, -0.2) is 5.16 Å². The van der Waals surface area contributed by atoms with Gasteiger partial charge in [-0.25, -0.2) is 0 Å². The third kappa shape index (κ3) is 18.4. The van der Waals surface area contributed by atoms with E-state index in [9.17, 15) is 0 Å². The molecule has 0 aliphatic heterocycles. The number of hydrogen-bond donors (Lipinski definition) is 0. The highest BCUT2D eigenvalue weighted by atomic mass is 31.0. The normalized spacial score (nSPS) is 12.0. The molecule has 116 valence electrons. The molecule has 0 nitrogen and oxygen atoms in total. The smallest absolute Gasteiger partial charge is 0.0207 e. The molecule has 0 amide bonds. The average molecular weight is 286 g/mol. The van der Waals surface area contributed by atoms with Crippen LogP contribution in [0.1, 0.15) is 111 Å². The maximum absolute atomic E-state index is 2.96. The van der Waals surface area contributed by atoms with Crippen LogP contribution in [0.2, 0.25) is 0 Å². The second kappa shape index (κ2) is 13.4. The molecule has 0 aromatic rings. The molecule has 0 fully saturated rings. The maximum atomic E-state index is 2.96. The van der Waals surface area contributed by atoms with Crippen LogP contribution in [0.25, 0.3) is 0 Å². The summed E-state index contributed by atoms with van der Waals surface area (Å²) in [7, 11) is 2.96. The minimum atomic E-state index is 0.456. The van der Waals surface area contributed by atoms with E-state index >= 15 is 0 Å². The predicted octanol–water partition coefficient (Wildman–Crippen LogP) is 7.12. The Kier molecular flexibility index (Phi) is 13.7. The molecule has 0 aliphatic carbocycles. The molecule has 1 heteroatoms. The molecule has 0 aromatic carbocycles. The largest absolute Gasteiger partial charge is 0.132 e. The van der Waals surface area contributed by atoms with Crippen molar-refractivity contribution in [3.8, 4) is 0 Å². The van der Waals surface area contributed by atoms with Gasteiger partial charge < -0.3 is 0 Å². The fourth-order valence-corrected chi connectivity index (χ4v) is 2.80. The van der Waals surface area contributed by atoms with E-state index in [4.69, 9.17) is 0 Å². The monoisotopic (exact) mass is 286 g/mol. The molecule has 0 heterocycles. The van der Waals surface area contributed by atoms with E-state index < -0.39 is 0 Å². The number of rotatable bonds is 14. The number of unbranched alkanes of at least 4 members (excludes halogenated alkanes) is 12. The van der Waals surface area contributed by atoms with Gasteiger partial charge in [-0.1, -0.05) is 104 Å². The third-order valence-electron chi connectivity index (χ3n) is 3.92. The van der Waals surface area contributed by atoms with Crippen molar-refractivity contribution in [2.75, 3.05) is 0 Å². The Balaban J connectivity index is 2.99. The van der Waals surface area contributed by atoms with Crippen LogP contribution in [0.3, 0.4) is 0 Å². The lowest BCUT2D eigenvalue weighted by Gasteiger charge is -2.17. The van der Waals surface area contributed by atoms with E-state index in [1.54, 1.807) is 0 Å². The molecule has 0 aromatic heterocycles. The highest BCUT2D eigenvalue weighted by Crippen LogP contribution is 2.24. The summed E-state index contributed by atoms with van der Waals surface area (Å²) in [6.45, 7) is 6.93. The lowest BCUT2D eigenvalue weighted by Crippen LogP contribution is -2.07. The Hall–Kier alpha value is 0.430. The van der Waals surface area contributed by atoms with Crippen molar-refractivity contribution < 1.29 is 0 Å². The zero-order valence-electron chi connectivity index (χ0n) is 14.0.